The molecular weight excluding hydrogens is 420 g/mol. The van der Waals surface area contributed by atoms with Gasteiger partial charge in [-0.3, -0.25) is 9.88 Å². The molecule has 0 atom stereocenters. The fourth-order valence-corrected chi connectivity index (χ4v) is 4.60. The quantitative estimate of drug-likeness (QED) is 0.424. The highest BCUT2D eigenvalue weighted by Gasteiger charge is 2.20. The van der Waals surface area contributed by atoms with Crippen LogP contribution in [0, 0.1) is 11.3 Å². The van der Waals surface area contributed by atoms with Crippen molar-refractivity contribution in [1.29, 1.82) is 5.26 Å². The molecule has 32 heavy (non-hydrogen) atoms. The van der Waals surface area contributed by atoms with E-state index in [9.17, 15) is 5.26 Å². The molecule has 0 aliphatic carbocycles. The number of nitrogens with zero attached hydrogens (tertiary/aromatic N) is 4. The van der Waals surface area contributed by atoms with E-state index in [1.165, 1.54) is 0 Å². The Morgan fingerprint density at radius 2 is 1.75 bits per heavy atom. The molecule has 0 spiro atoms. The Balaban J connectivity index is 1.59. The van der Waals surface area contributed by atoms with Crippen molar-refractivity contribution in [3.05, 3.63) is 77.7 Å². The van der Waals surface area contributed by atoms with Crippen molar-refractivity contribution in [2.45, 2.75) is 6.54 Å². The normalized spacial score (nSPS) is 14.5. The molecule has 1 aliphatic rings. The van der Waals surface area contributed by atoms with Crippen LogP contribution in [0.1, 0.15) is 5.69 Å². The first-order valence-electron chi connectivity index (χ1n) is 10.8. The lowest BCUT2D eigenvalue weighted by Gasteiger charge is -2.26. The zero-order valence-corrected chi connectivity index (χ0v) is 18.4. The Kier molecular flexibility index (Phi) is 5.91. The van der Waals surface area contributed by atoms with Crippen molar-refractivity contribution in [3.63, 3.8) is 0 Å². The summed E-state index contributed by atoms with van der Waals surface area (Å²) < 4.78 is 7.61. The number of rotatable bonds is 5. The second-order valence-electron chi connectivity index (χ2n) is 7.93. The summed E-state index contributed by atoms with van der Waals surface area (Å²) in [6, 6.07) is 20.5. The van der Waals surface area contributed by atoms with Crippen molar-refractivity contribution in [2.75, 3.05) is 32.8 Å². The number of ether oxygens (including phenoxy) is 1. The molecule has 0 saturated carbocycles. The number of morpholine rings is 1. The second kappa shape index (κ2) is 9.13. The van der Waals surface area contributed by atoms with Gasteiger partial charge in [-0.1, -0.05) is 41.9 Å². The number of para-hydroxylation sites is 1. The van der Waals surface area contributed by atoms with Gasteiger partial charge in [0.2, 0.25) is 0 Å². The molecule has 1 fully saturated rings. The third kappa shape index (κ3) is 4.01. The van der Waals surface area contributed by atoms with E-state index in [-0.39, 0.29) is 0 Å². The van der Waals surface area contributed by atoms with Crippen molar-refractivity contribution in [2.24, 2.45) is 0 Å². The minimum atomic E-state index is 0.671. The van der Waals surface area contributed by atoms with Crippen molar-refractivity contribution < 1.29 is 4.74 Å². The van der Waals surface area contributed by atoms with Gasteiger partial charge in [-0.2, -0.15) is 5.26 Å². The van der Waals surface area contributed by atoms with Crippen LogP contribution >= 0.6 is 11.6 Å². The molecule has 0 radical (unpaired) electrons. The summed E-state index contributed by atoms with van der Waals surface area (Å²) in [6.07, 6.45) is 3.67. The zero-order chi connectivity index (χ0) is 21.9. The van der Waals surface area contributed by atoms with Crippen molar-refractivity contribution >= 4 is 22.5 Å². The molecule has 5 nitrogen and oxygen atoms in total. The first-order valence-corrected chi connectivity index (χ1v) is 11.1. The molecule has 2 aromatic heterocycles. The van der Waals surface area contributed by atoms with Crippen LogP contribution in [0.5, 0.6) is 0 Å². The summed E-state index contributed by atoms with van der Waals surface area (Å²) in [4.78, 5) is 6.88. The largest absolute Gasteiger partial charge is 0.379 e. The smallest absolute Gasteiger partial charge is 0.129 e. The molecule has 2 aromatic carbocycles. The minimum absolute atomic E-state index is 0.671. The van der Waals surface area contributed by atoms with E-state index in [1.807, 2.05) is 48.8 Å². The number of pyridine rings is 1. The first-order chi connectivity index (χ1) is 15.7. The van der Waals surface area contributed by atoms with Crippen molar-refractivity contribution in [1.82, 2.24) is 14.5 Å². The maximum absolute atomic E-state index is 10.2. The van der Waals surface area contributed by atoms with Crippen LogP contribution in [-0.4, -0.2) is 47.3 Å². The predicted octanol–water partition coefficient (Wildman–Crippen LogP) is 5.23. The number of halogens is 1. The average Bonchev–Trinajstić information content (AvgIpc) is 3.17. The van der Waals surface area contributed by atoms with E-state index in [0.717, 1.165) is 72.5 Å². The van der Waals surface area contributed by atoms with Gasteiger partial charge >= 0.3 is 0 Å². The maximum atomic E-state index is 10.2. The lowest BCUT2D eigenvalue weighted by molar-refractivity contribution is 0.0365. The number of fused-ring (bicyclic) bond motifs is 1. The van der Waals surface area contributed by atoms with Crippen LogP contribution in [0.4, 0.5) is 0 Å². The van der Waals surface area contributed by atoms with E-state index in [2.05, 4.69) is 38.7 Å². The van der Waals surface area contributed by atoms with E-state index in [4.69, 9.17) is 16.3 Å². The van der Waals surface area contributed by atoms with E-state index in [0.29, 0.717) is 10.7 Å². The van der Waals surface area contributed by atoms with Gasteiger partial charge in [0.25, 0.3) is 0 Å². The van der Waals surface area contributed by atoms with Gasteiger partial charge in [-0.15, -0.1) is 0 Å². The zero-order valence-electron chi connectivity index (χ0n) is 17.7. The van der Waals surface area contributed by atoms with Gasteiger partial charge < -0.3 is 9.30 Å². The van der Waals surface area contributed by atoms with Gasteiger partial charge in [0, 0.05) is 71.2 Å². The first kappa shape index (κ1) is 20.7. The Morgan fingerprint density at radius 1 is 0.938 bits per heavy atom. The van der Waals surface area contributed by atoms with Gasteiger partial charge in [0.05, 0.1) is 13.2 Å². The van der Waals surface area contributed by atoms with Crippen LogP contribution < -0.4 is 0 Å². The lowest BCUT2D eigenvalue weighted by atomic mass is 10.00. The summed E-state index contributed by atoms with van der Waals surface area (Å²) in [7, 11) is 0. The van der Waals surface area contributed by atoms with E-state index in [1.54, 1.807) is 0 Å². The summed E-state index contributed by atoms with van der Waals surface area (Å²) in [5.74, 6) is 0. The van der Waals surface area contributed by atoms with Gasteiger partial charge in [-0.05, 0) is 29.8 Å². The molecule has 0 N–H and O–H groups in total. The Hall–Kier alpha value is -3.17. The maximum Gasteiger partial charge on any atom is 0.129 e. The third-order valence-corrected chi connectivity index (χ3v) is 6.24. The van der Waals surface area contributed by atoms with Crippen LogP contribution in [0.3, 0.4) is 0 Å². The van der Waals surface area contributed by atoms with E-state index >= 15 is 0 Å². The number of benzene rings is 2. The number of nitriles is 1. The third-order valence-electron chi connectivity index (χ3n) is 6.01. The predicted molar refractivity (Wildman–Crippen MR) is 128 cm³/mol. The molecule has 1 saturated heterocycles. The summed E-state index contributed by atoms with van der Waals surface area (Å²) in [5.41, 5.74) is 5.58. The summed E-state index contributed by atoms with van der Waals surface area (Å²) in [6.45, 7) is 5.04. The van der Waals surface area contributed by atoms with Crippen LogP contribution in [0.2, 0.25) is 5.02 Å². The highest BCUT2D eigenvalue weighted by Crippen LogP contribution is 2.36. The molecule has 4 aromatic rings. The van der Waals surface area contributed by atoms with Gasteiger partial charge in [0.15, 0.2) is 0 Å². The fraction of sp³-hybridized carbons (Fsp3) is 0.231. The molecule has 0 unspecified atom stereocenters. The number of aromatic nitrogens is 2. The Labute approximate surface area is 192 Å². The lowest BCUT2D eigenvalue weighted by Crippen LogP contribution is -2.38. The monoisotopic (exact) mass is 442 g/mol. The minimum Gasteiger partial charge on any atom is -0.379 e. The number of hydrogen-bond donors (Lipinski definition) is 0. The van der Waals surface area contributed by atoms with Gasteiger partial charge in [-0.25, -0.2) is 0 Å². The molecule has 6 heteroatoms. The topological polar surface area (TPSA) is 54.1 Å². The number of hydrogen-bond acceptors (Lipinski definition) is 4. The second-order valence-corrected chi connectivity index (χ2v) is 8.37. The van der Waals surface area contributed by atoms with Crippen LogP contribution in [-0.2, 0) is 11.3 Å². The SMILES string of the molecule is N#Cc1c(-c2cncc(-c3cccc(Cl)c3)c2)c2ccccc2n1CCN1CCOCC1. The molecule has 5 rings (SSSR count). The molecule has 0 amide bonds. The Bertz CT molecular complexity index is 1300. The van der Waals surface area contributed by atoms with E-state index < -0.39 is 0 Å². The molecular formula is C26H23ClN4O. The average molecular weight is 443 g/mol. The summed E-state index contributed by atoms with van der Waals surface area (Å²) >= 11 is 6.20. The molecule has 1 aliphatic heterocycles. The summed E-state index contributed by atoms with van der Waals surface area (Å²) in [5, 5.41) is 11.9. The standard InChI is InChI=1S/C26H23ClN4O/c27-22-5-3-4-19(15-22)20-14-21(18-29-17-20)26-23-6-1-2-7-24(23)31(25(26)16-28)9-8-30-10-12-32-13-11-30/h1-7,14-15,17-18H,8-13H2. The molecule has 160 valence electrons. The highest BCUT2D eigenvalue weighted by molar-refractivity contribution is 6.30. The van der Waals surface area contributed by atoms with Crippen molar-refractivity contribution in [3.8, 4) is 28.3 Å². The van der Waals surface area contributed by atoms with Crippen LogP contribution in [0.25, 0.3) is 33.2 Å². The van der Waals surface area contributed by atoms with Gasteiger partial charge in [0.1, 0.15) is 11.8 Å². The molecule has 3 heterocycles. The molecule has 0 bridgehead atoms. The highest BCUT2D eigenvalue weighted by atomic mass is 35.5. The van der Waals surface area contributed by atoms with Crippen LogP contribution in [0.15, 0.2) is 67.0 Å². The Morgan fingerprint density at radius 3 is 2.56 bits per heavy atom. The fourth-order valence-electron chi connectivity index (χ4n) is 4.41.